The Hall–Kier alpha value is -4.26. The molecule has 0 bridgehead atoms. The van der Waals surface area contributed by atoms with Crippen molar-refractivity contribution in [2.24, 2.45) is 0 Å². The number of fused-ring (bicyclic) bond motifs is 4. The fraction of sp³-hybridized carbons (Fsp3) is 0.267. The van der Waals surface area contributed by atoms with Gasteiger partial charge in [0.25, 0.3) is 5.91 Å². The molecule has 0 aliphatic carbocycles. The molecule has 190 valence electrons. The number of ether oxygens (including phenoxy) is 4. The minimum Gasteiger partial charge on any atom is -0.489 e. The van der Waals surface area contributed by atoms with Crippen LogP contribution in [0.4, 0.5) is 0 Å². The quantitative estimate of drug-likeness (QED) is 0.170. The van der Waals surface area contributed by atoms with Crippen molar-refractivity contribution in [3.8, 4) is 17.2 Å². The van der Waals surface area contributed by atoms with E-state index in [1.54, 1.807) is 0 Å². The van der Waals surface area contributed by atoms with Crippen molar-refractivity contribution >= 4 is 33.4 Å². The van der Waals surface area contributed by atoms with Crippen LogP contribution in [0, 0.1) is 0 Å². The van der Waals surface area contributed by atoms with Gasteiger partial charge in [-0.2, -0.15) is 0 Å². The number of amides is 1. The predicted octanol–water partition coefficient (Wildman–Crippen LogP) is 5.76. The first-order valence-corrected chi connectivity index (χ1v) is 12.4. The van der Waals surface area contributed by atoms with Gasteiger partial charge >= 0.3 is 5.97 Å². The Bertz CT molecular complexity index is 1430. The number of hydrogen-bond donors (Lipinski definition) is 1. The van der Waals surface area contributed by atoms with E-state index >= 15 is 0 Å². The van der Waals surface area contributed by atoms with E-state index in [0.29, 0.717) is 36.6 Å². The zero-order valence-electron chi connectivity index (χ0n) is 20.8. The molecule has 0 spiro atoms. The highest BCUT2D eigenvalue weighted by Gasteiger charge is 2.19. The molecule has 0 saturated carbocycles. The summed E-state index contributed by atoms with van der Waals surface area (Å²) in [6, 6.07) is 21.6. The van der Waals surface area contributed by atoms with Crippen LogP contribution in [0.15, 0.2) is 66.7 Å². The van der Waals surface area contributed by atoms with Crippen LogP contribution < -0.4 is 19.5 Å². The van der Waals surface area contributed by atoms with E-state index in [2.05, 4.69) is 10.1 Å². The number of methoxy groups -OCH3 is 1. The number of carbonyl (C=O) groups excluding carboxylic acids is 2. The summed E-state index contributed by atoms with van der Waals surface area (Å²) < 4.78 is 21.9. The summed E-state index contributed by atoms with van der Waals surface area (Å²) in [7, 11) is 1.39. The summed E-state index contributed by atoms with van der Waals surface area (Å²) in [4.78, 5) is 24.5. The van der Waals surface area contributed by atoms with Crippen molar-refractivity contribution in [1.82, 2.24) is 5.32 Å². The monoisotopic (exact) mass is 499 g/mol. The van der Waals surface area contributed by atoms with E-state index in [1.807, 2.05) is 66.7 Å². The molecule has 7 nitrogen and oxygen atoms in total. The highest BCUT2D eigenvalue weighted by molar-refractivity contribution is 6.18. The Balaban J connectivity index is 1.40. The van der Waals surface area contributed by atoms with Crippen molar-refractivity contribution in [3.05, 3.63) is 77.9 Å². The van der Waals surface area contributed by atoms with Crippen LogP contribution in [0.2, 0.25) is 0 Å². The van der Waals surface area contributed by atoms with Gasteiger partial charge in [-0.1, -0.05) is 36.8 Å². The standard InChI is InChI=1S/C30H29NO6/c1-34-29(32)10-6-3-7-13-31-30(33)26-14-21-15-27-28(37-19-36-27)17-24(21)25-16-22(11-12-23(25)26)35-18-20-8-4-2-5-9-20/h2,4-5,8-9,11-12,14-17H,3,6-7,10,13,18-19H2,1H3,(H,31,33). The molecule has 0 aromatic heterocycles. The van der Waals surface area contributed by atoms with Crippen molar-refractivity contribution in [1.29, 1.82) is 0 Å². The van der Waals surface area contributed by atoms with Crippen molar-refractivity contribution < 1.29 is 28.5 Å². The number of carbonyl (C=O) groups is 2. The first kappa shape index (κ1) is 24.4. The molecule has 0 fully saturated rings. The Morgan fingerprint density at radius 1 is 0.865 bits per heavy atom. The molecule has 0 saturated heterocycles. The molecule has 0 atom stereocenters. The van der Waals surface area contributed by atoms with Gasteiger partial charge in [0.15, 0.2) is 11.5 Å². The normalized spacial score (nSPS) is 12.0. The fourth-order valence-corrected chi connectivity index (χ4v) is 4.51. The van der Waals surface area contributed by atoms with E-state index in [1.165, 1.54) is 7.11 Å². The van der Waals surface area contributed by atoms with Crippen LogP contribution in [0.3, 0.4) is 0 Å². The number of rotatable bonds is 10. The van der Waals surface area contributed by atoms with E-state index in [0.717, 1.165) is 52.1 Å². The minimum absolute atomic E-state index is 0.143. The van der Waals surface area contributed by atoms with Gasteiger partial charge < -0.3 is 24.3 Å². The van der Waals surface area contributed by atoms with Crippen LogP contribution in [0.5, 0.6) is 17.2 Å². The molecular weight excluding hydrogens is 470 g/mol. The lowest BCUT2D eigenvalue weighted by atomic mass is 9.96. The van der Waals surface area contributed by atoms with Gasteiger partial charge in [-0.25, -0.2) is 0 Å². The van der Waals surface area contributed by atoms with E-state index < -0.39 is 0 Å². The molecular formula is C30H29NO6. The molecule has 1 amide bonds. The molecule has 0 unspecified atom stereocenters. The first-order chi connectivity index (χ1) is 18.1. The molecule has 1 N–H and O–H groups in total. The number of hydrogen-bond acceptors (Lipinski definition) is 6. The summed E-state index contributed by atoms with van der Waals surface area (Å²) in [5, 5.41) is 6.62. The third kappa shape index (κ3) is 5.61. The average molecular weight is 500 g/mol. The maximum atomic E-state index is 13.2. The van der Waals surface area contributed by atoms with Gasteiger partial charge in [0, 0.05) is 18.5 Å². The second-order valence-corrected chi connectivity index (χ2v) is 8.98. The lowest BCUT2D eigenvalue weighted by Crippen LogP contribution is -2.24. The topological polar surface area (TPSA) is 83.1 Å². The van der Waals surface area contributed by atoms with Crippen LogP contribution in [0.1, 0.15) is 41.6 Å². The average Bonchev–Trinajstić information content (AvgIpc) is 3.39. The Morgan fingerprint density at radius 2 is 1.68 bits per heavy atom. The molecule has 1 heterocycles. The molecule has 1 aliphatic rings. The van der Waals surface area contributed by atoms with Gasteiger partial charge in [-0.15, -0.1) is 0 Å². The first-order valence-electron chi connectivity index (χ1n) is 12.4. The third-order valence-corrected chi connectivity index (χ3v) is 6.48. The van der Waals surface area contributed by atoms with Crippen molar-refractivity contribution in [2.45, 2.75) is 32.3 Å². The molecule has 4 aromatic rings. The zero-order valence-corrected chi connectivity index (χ0v) is 20.8. The van der Waals surface area contributed by atoms with E-state index in [4.69, 9.17) is 14.2 Å². The second kappa shape index (κ2) is 11.2. The highest BCUT2D eigenvalue weighted by Crippen LogP contribution is 2.40. The Morgan fingerprint density at radius 3 is 2.49 bits per heavy atom. The van der Waals surface area contributed by atoms with Gasteiger partial charge in [0.2, 0.25) is 6.79 Å². The minimum atomic E-state index is -0.209. The lowest BCUT2D eigenvalue weighted by Gasteiger charge is -2.14. The smallest absolute Gasteiger partial charge is 0.305 e. The maximum absolute atomic E-state index is 13.2. The van der Waals surface area contributed by atoms with Gasteiger partial charge in [-0.05, 0) is 76.3 Å². The molecule has 5 rings (SSSR count). The summed E-state index contributed by atoms with van der Waals surface area (Å²) in [5.74, 6) is 1.72. The van der Waals surface area contributed by atoms with Gasteiger partial charge in [0.05, 0.1) is 7.11 Å². The van der Waals surface area contributed by atoms with Crippen molar-refractivity contribution in [2.75, 3.05) is 20.4 Å². The summed E-state index contributed by atoms with van der Waals surface area (Å²) in [6.45, 7) is 1.16. The maximum Gasteiger partial charge on any atom is 0.305 e. The summed E-state index contributed by atoms with van der Waals surface area (Å²) in [5.41, 5.74) is 1.67. The molecule has 0 radical (unpaired) electrons. The van der Waals surface area contributed by atoms with E-state index in [9.17, 15) is 9.59 Å². The molecule has 4 aromatic carbocycles. The number of benzene rings is 4. The Labute approximate surface area is 215 Å². The summed E-state index contributed by atoms with van der Waals surface area (Å²) in [6.07, 6.45) is 2.74. The van der Waals surface area contributed by atoms with Crippen LogP contribution in [-0.4, -0.2) is 32.3 Å². The van der Waals surface area contributed by atoms with Crippen molar-refractivity contribution in [3.63, 3.8) is 0 Å². The number of esters is 1. The highest BCUT2D eigenvalue weighted by atomic mass is 16.7. The van der Waals surface area contributed by atoms with Crippen LogP contribution >= 0.6 is 0 Å². The largest absolute Gasteiger partial charge is 0.489 e. The molecule has 1 aliphatic heterocycles. The zero-order chi connectivity index (χ0) is 25.6. The SMILES string of the molecule is COC(=O)CCCCCNC(=O)c1cc2cc3c(cc2c2cc(OCc4ccccc4)ccc12)OCO3. The van der Waals surface area contributed by atoms with Gasteiger partial charge in [-0.3, -0.25) is 9.59 Å². The van der Waals surface area contributed by atoms with E-state index in [-0.39, 0.29) is 18.7 Å². The van der Waals surface area contributed by atoms with Crippen LogP contribution in [0.25, 0.3) is 21.5 Å². The summed E-state index contributed by atoms with van der Waals surface area (Å²) >= 11 is 0. The number of nitrogens with one attached hydrogen (secondary N) is 1. The number of unbranched alkanes of at least 4 members (excludes halogenated alkanes) is 2. The third-order valence-electron chi connectivity index (χ3n) is 6.48. The predicted molar refractivity (Wildman–Crippen MR) is 141 cm³/mol. The van der Waals surface area contributed by atoms with Crippen LogP contribution in [-0.2, 0) is 16.1 Å². The fourth-order valence-electron chi connectivity index (χ4n) is 4.51. The Kier molecular flexibility index (Phi) is 7.40. The molecule has 37 heavy (non-hydrogen) atoms. The molecule has 7 heteroatoms. The van der Waals surface area contributed by atoms with Gasteiger partial charge in [0.1, 0.15) is 12.4 Å². The second-order valence-electron chi connectivity index (χ2n) is 8.98. The lowest BCUT2D eigenvalue weighted by molar-refractivity contribution is -0.140.